The van der Waals surface area contributed by atoms with Crippen LogP contribution in [0.1, 0.15) is 17.5 Å². The van der Waals surface area contributed by atoms with E-state index in [4.69, 9.17) is 4.74 Å². The molecule has 1 heterocycles. The molecule has 0 aliphatic rings. The maximum atomic E-state index is 11.6. The summed E-state index contributed by atoms with van der Waals surface area (Å²) in [6.07, 6.45) is 4.29. The molecule has 0 fully saturated rings. The van der Waals surface area contributed by atoms with Crippen molar-refractivity contribution in [3.05, 3.63) is 86.8 Å². The number of alkyl carbamates (subject to hydrolysis) is 1. The van der Waals surface area contributed by atoms with Gasteiger partial charge in [0.2, 0.25) is 0 Å². The Morgan fingerprint density at radius 3 is 2.59 bits per heavy atom. The molecule has 27 heavy (non-hydrogen) atoms. The zero-order valence-electron chi connectivity index (χ0n) is 14.7. The first-order valence-corrected chi connectivity index (χ1v) is 9.48. The molecular weight excluding hydrogens is 360 g/mol. The van der Waals surface area contributed by atoms with Gasteiger partial charge in [0.15, 0.2) is 0 Å². The van der Waals surface area contributed by atoms with Gasteiger partial charge in [-0.2, -0.15) is 0 Å². The zero-order valence-corrected chi connectivity index (χ0v) is 15.5. The van der Waals surface area contributed by atoms with Crippen LogP contribution in [0.5, 0.6) is 0 Å². The average molecular weight is 380 g/mol. The second kappa shape index (κ2) is 9.54. The Labute approximate surface area is 161 Å². The Bertz CT molecular complexity index is 943. The first-order chi connectivity index (χ1) is 13.2. The fourth-order valence-electron chi connectivity index (χ4n) is 2.45. The number of aromatic amines is 1. The molecule has 0 bridgehead atoms. The van der Waals surface area contributed by atoms with Gasteiger partial charge in [-0.05, 0) is 23.1 Å². The summed E-state index contributed by atoms with van der Waals surface area (Å²) in [4.78, 5) is 25.6. The topological polar surface area (TPSA) is 71.2 Å². The second-order valence-corrected chi connectivity index (χ2v) is 6.71. The van der Waals surface area contributed by atoms with E-state index in [9.17, 15) is 9.59 Å². The van der Waals surface area contributed by atoms with E-state index in [1.54, 1.807) is 0 Å². The van der Waals surface area contributed by atoms with Gasteiger partial charge in [-0.3, -0.25) is 4.79 Å². The van der Waals surface area contributed by atoms with Crippen LogP contribution in [0.15, 0.2) is 70.8 Å². The molecule has 6 heteroatoms. The van der Waals surface area contributed by atoms with Crippen molar-refractivity contribution in [3.63, 3.8) is 0 Å². The summed E-state index contributed by atoms with van der Waals surface area (Å²) < 4.78 is 5.15. The molecule has 2 N–H and O–H groups in total. The number of carbonyl (C=O) groups is 1. The lowest BCUT2D eigenvalue weighted by atomic mass is 10.1. The highest BCUT2D eigenvalue weighted by molar-refractivity contribution is 7.07. The van der Waals surface area contributed by atoms with E-state index in [2.05, 4.69) is 10.3 Å². The fraction of sp³-hybridized carbons (Fsp3) is 0.143. The van der Waals surface area contributed by atoms with Gasteiger partial charge in [-0.15, -0.1) is 0 Å². The van der Waals surface area contributed by atoms with E-state index in [0.29, 0.717) is 13.0 Å². The summed E-state index contributed by atoms with van der Waals surface area (Å²) in [5.74, 6) is 0. The summed E-state index contributed by atoms with van der Waals surface area (Å²) in [5, 5.41) is 4.54. The molecule has 138 valence electrons. The van der Waals surface area contributed by atoms with Gasteiger partial charge in [-0.25, -0.2) is 4.79 Å². The number of nitrogens with one attached hydrogen (secondary N) is 2. The summed E-state index contributed by atoms with van der Waals surface area (Å²) in [7, 11) is 0. The molecule has 5 nitrogen and oxygen atoms in total. The average Bonchev–Trinajstić information content (AvgIpc) is 3.14. The normalized spacial score (nSPS) is 10.8. The molecule has 2 aromatic carbocycles. The SMILES string of the molecule is O=C(NCCC=Cc1ccc(-c2csc(=O)[nH]2)cc1)OCc1ccccc1. The summed E-state index contributed by atoms with van der Waals surface area (Å²) in [6, 6.07) is 17.5. The lowest BCUT2D eigenvalue weighted by molar-refractivity contribution is 0.140. The maximum absolute atomic E-state index is 11.6. The molecule has 1 amide bonds. The van der Waals surface area contributed by atoms with Crippen molar-refractivity contribution in [3.8, 4) is 11.3 Å². The summed E-state index contributed by atoms with van der Waals surface area (Å²) in [6.45, 7) is 0.780. The van der Waals surface area contributed by atoms with E-state index in [-0.39, 0.29) is 11.5 Å². The third kappa shape index (κ3) is 5.97. The predicted molar refractivity (Wildman–Crippen MR) is 109 cm³/mol. The van der Waals surface area contributed by atoms with Crippen LogP contribution in [0.4, 0.5) is 4.79 Å². The van der Waals surface area contributed by atoms with Gasteiger partial charge in [0.1, 0.15) is 6.61 Å². The molecule has 1 aromatic heterocycles. The Kier molecular flexibility index (Phi) is 6.60. The van der Waals surface area contributed by atoms with Gasteiger partial charge < -0.3 is 15.0 Å². The van der Waals surface area contributed by atoms with Gasteiger partial charge >= 0.3 is 11.0 Å². The molecule has 0 unspecified atom stereocenters. The zero-order chi connectivity index (χ0) is 18.9. The van der Waals surface area contributed by atoms with Crippen molar-refractivity contribution in [2.45, 2.75) is 13.0 Å². The first-order valence-electron chi connectivity index (χ1n) is 8.60. The van der Waals surface area contributed by atoms with Crippen molar-refractivity contribution >= 4 is 23.5 Å². The fourth-order valence-corrected chi connectivity index (χ4v) is 3.04. The number of rotatable bonds is 7. The molecule has 3 aromatic rings. The molecule has 0 radical (unpaired) electrons. The molecule has 3 rings (SSSR count). The van der Waals surface area contributed by atoms with Gasteiger partial charge in [0.05, 0.1) is 5.69 Å². The minimum Gasteiger partial charge on any atom is -0.445 e. The Hall–Kier alpha value is -3.12. The van der Waals surface area contributed by atoms with Crippen LogP contribution in [0.2, 0.25) is 0 Å². The van der Waals surface area contributed by atoms with Crippen LogP contribution in [0.25, 0.3) is 17.3 Å². The Morgan fingerprint density at radius 2 is 1.89 bits per heavy atom. The highest BCUT2D eigenvalue weighted by atomic mass is 32.1. The van der Waals surface area contributed by atoms with Crippen molar-refractivity contribution in [2.75, 3.05) is 6.54 Å². The van der Waals surface area contributed by atoms with Gasteiger partial charge in [0, 0.05) is 11.9 Å². The highest BCUT2D eigenvalue weighted by Gasteiger charge is 2.01. The number of hydrogen-bond donors (Lipinski definition) is 2. The van der Waals surface area contributed by atoms with Crippen molar-refractivity contribution in [2.24, 2.45) is 0 Å². The third-order valence-corrected chi connectivity index (χ3v) is 4.52. The van der Waals surface area contributed by atoms with Gasteiger partial charge in [0.25, 0.3) is 0 Å². The van der Waals surface area contributed by atoms with Crippen LogP contribution < -0.4 is 10.2 Å². The molecule has 0 aliphatic carbocycles. The number of H-pyrrole nitrogens is 1. The molecule has 0 spiro atoms. The third-order valence-electron chi connectivity index (χ3n) is 3.85. The smallest absolute Gasteiger partial charge is 0.407 e. The Balaban J connectivity index is 1.38. The molecule has 0 atom stereocenters. The largest absolute Gasteiger partial charge is 0.445 e. The van der Waals surface area contributed by atoms with Crippen molar-refractivity contribution in [1.82, 2.24) is 10.3 Å². The number of benzene rings is 2. The van der Waals surface area contributed by atoms with Crippen LogP contribution in [-0.2, 0) is 11.3 Å². The van der Waals surface area contributed by atoms with Crippen LogP contribution >= 0.6 is 11.3 Å². The van der Waals surface area contributed by atoms with Crippen molar-refractivity contribution in [1.29, 1.82) is 0 Å². The van der Waals surface area contributed by atoms with Crippen LogP contribution in [0.3, 0.4) is 0 Å². The van der Waals surface area contributed by atoms with E-state index in [1.165, 1.54) is 0 Å². The maximum Gasteiger partial charge on any atom is 0.407 e. The molecular formula is C21H20N2O3S. The molecule has 0 saturated heterocycles. The number of ether oxygens (including phenoxy) is 1. The van der Waals surface area contributed by atoms with E-state index in [0.717, 1.165) is 33.7 Å². The van der Waals surface area contributed by atoms with E-state index < -0.39 is 6.09 Å². The first kappa shape index (κ1) is 18.7. The van der Waals surface area contributed by atoms with E-state index >= 15 is 0 Å². The summed E-state index contributed by atoms with van der Waals surface area (Å²) in [5.41, 5.74) is 3.83. The number of thiazole rings is 1. The Morgan fingerprint density at radius 1 is 1.11 bits per heavy atom. The van der Waals surface area contributed by atoms with Crippen molar-refractivity contribution < 1.29 is 9.53 Å². The minimum absolute atomic E-state index is 0.0521. The lowest BCUT2D eigenvalue weighted by Crippen LogP contribution is -2.24. The number of aromatic nitrogens is 1. The monoisotopic (exact) mass is 380 g/mol. The lowest BCUT2D eigenvalue weighted by Gasteiger charge is -2.05. The predicted octanol–water partition coefficient (Wildman–Crippen LogP) is 4.43. The number of carbonyl (C=O) groups excluding carboxylic acids is 1. The quantitative estimate of drug-likeness (QED) is 0.596. The number of hydrogen-bond acceptors (Lipinski definition) is 4. The molecule has 0 saturated carbocycles. The second-order valence-electron chi connectivity index (χ2n) is 5.86. The van der Waals surface area contributed by atoms with E-state index in [1.807, 2.05) is 72.1 Å². The van der Waals surface area contributed by atoms with Crippen LogP contribution in [0, 0.1) is 0 Å². The minimum atomic E-state index is -0.415. The summed E-state index contributed by atoms with van der Waals surface area (Å²) >= 11 is 1.16. The standard InChI is InChI=1S/C21H20N2O3S/c24-20(26-14-17-7-2-1-3-8-17)22-13-5-4-6-16-9-11-18(12-10-16)19-15-27-21(25)23-19/h1-4,6-12,15H,5,13-14H2,(H,22,24)(H,23,25). The highest BCUT2D eigenvalue weighted by Crippen LogP contribution is 2.18. The molecule has 0 aliphatic heterocycles. The van der Waals surface area contributed by atoms with Gasteiger partial charge in [-0.1, -0.05) is 78.1 Å². The number of amides is 1. The van der Waals surface area contributed by atoms with Crippen LogP contribution in [-0.4, -0.2) is 17.6 Å².